The van der Waals surface area contributed by atoms with Crippen molar-refractivity contribution < 1.29 is 17.9 Å². The average Bonchev–Trinajstić information content (AvgIpc) is 2.06. The fraction of sp³-hybridized carbons (Fsp3) is 0.400. The molecule has 0 spiro atoms. The molecular weight excluding hydrogens is 193 g/mol. The highest BCUT2D eigenvalue weighted by molar-refractivity contribution is 5.27. The van der Waals surface area contributed by atoms with E-state index < -0.39 is 6.36 Å². The van der Waals surface area contributed by atoms with Crippen LogP contribution in [0.2, 0.25) is 0 Å². The third kappa shape index (κ3) is 3.68. The standard InChI is InChI=1S/C10H11F3O/c1-2-3-8-4-6-9(7-5-8)14-10(11,12)13/h4-7H,2-3H2,1H3. The van der Waals surface area contributed by atoms with Crippen LogP contribution in [0.3, 0.4) is 0 Å². The first-order valence-electron chi connectivity index (χ1n) is 4.36. The van der Waals surface area contributed by atoms with Gasteiger partial charge in [-0.1, -0.05) is 25.5 Å². The van der Waals surface area contributed by atoms with Crippen molar-refractivity contribution in [2.45, 2.75) is 26.1 Å². The lowest BCUT2D eigenvalue weighted by Crippen LogP contribution is -2.16. The maximum atomic E-state index is 11.8. The molecular formula is C10H11F3O. The van der Waals surface area contributed by atoms with Crippen molar-refractivity contribution in [2.75, 3.05) is 0 Å². The second-order valence-corrected chi connectivity index (χ2v) is 2.94. The molecule has 0 aliphatic carbocycles. The summed E-state index contributed by atoms with van der Waals surface area (Å²) >= 11 is 0. The third-order valence-corrected chi connectivity index (χ3v) is 1.70. The minimum absolute atomic E-state index is 0.169. The largest absolute Gasteiger partial charge is 0.573 e. The maximum absolute atomic E-state index is 11.8. The SMILES string of the molecule is CCCc1ccc(OC(F)(F)F)cc1. The Morgan fingerprint density at radius 3 is 2.14 bits per heavy atom. The van der Waals surface area contributed by atoms with E-state index >= 15 is 0 Å². The first kappa shape index (κ1) is 10.9. The lowest BCUT2D eigenvalue weighted by molar-refractivity contribution is -0.274. The van der Waals surface area contributed by atoms with E-state index in [0.29, 0.717) is 0 Å². The van der Waals surface area contributed by atoms with Crippen molar-refractivity contribution >= 4 is 0 Å². The van der Waals surface area contributed by atoms with Gasteiger partial charge >= 0.3 is 6.36 Å². The number of halogens is 3. The molecule has 0 N–H and O–H groups in total. The number of aryl methyl sites for hydroxylation is 1. The van der Waals surface area contributed by atoms with Crippen LogP contribution < -0.4 is 4.74 Å². The minimum atomic E-state index is -4.60. The fourth-order valence-electron chi connectivity index (χ4n) is 1.15. The average molecular weight is 204 g/mol. The Balaban J connectivity index is 2.64. The van der Waals surface area contributed by atoms with Gasteiger partial charge in [-0.2, -0.15) is 0 Å². The summed E-state index contributed by atoms with van der Waals surface area (Å²) in [7, 11) is 0. The Morgan fingerprint density at radius 2 is 1.71 bits per heavy atom. The molecule has 0 aliphatic heterocycles. The molecule has 4 heteroatoms. The van der Waals surface area contributed by atoms with E-state index in [1.54, 1.807) is 12.1 Å². The minimum Gasteiger partial charge on any atom is -0.406 e. The normalized spacial score (nSPS) is 11.4. The monoisotopic (exact) mass is 204 g/mol. The first-order valence-corrected chi connectivity index (χ1v) is 4.36. The van der Waals surface area contributed by atoms with Gasteiger partial charge in [0, 0.05) is 0 Å². The third-order valence-electron chi connectivity index (χ3n) is 1.70. The molecule has 0 fully saturated rings. The predicted octanol–water partition coefficient (Wildman–Crippen LogP) is 3.54. The zero-order chi connectivity index (χ0) is 10.6. The summed E-state index contributed by atoms with van der Waals surface area (Å²) in [6, 6.07) is 5.95. The van der Waals surface area contributed by atoms with Crippen molar-refractivity contribution in [2.24, 2.45) is 0 Å². The van der Waals surface area contributed by atoms with Gasteiger partial charge < -0.3 is 4.74 Å². The van der Waals surface area contributed by atoms with Crippen molar-refractivity contribution in [1.29, 1.82) is 0 Å². The van der Waals surface area contributed by atoms with Gasteiger partial charge in [0.25, 0.3) is 0 Å². The molecule has 1 aromatic carbocycles. The second-order valence-electron chi connectivity index (χ2n) is 2.94. The van der Waals surface area contributed by atoms with Crippen molar-refractivity contribution in [3.05, 3.63) is 29.8 Å². The van der Waals surface area contributed by atoms with E-state index in [1.807, 2.05) is 6.92 Å². The zero-order valence-electron chi connectivity index (χ0n) is 7.77. The van der Waals surface area contributed by atoms with Crippen LogP contribution >= 0.6 is 0 Å². The van der Waals surface area contributed by atoms with Crippen molar-refractivity contribution in [1.82, 2.24) is 0 Å². The molecule has 0 aliphatic rings. The summed E-state index contributed by atoms with van der Waals surface area (Å²) in [5, 5.41) is 0. The van der Waals surface area contributed by atoms with E-state index in [0.717, 1.165) is 18.4 Å². The summed E-state index contributed by atoms with van der Waals surface area (Å²) in [6.45, 7) is 2.01. The Bertz CT molecular complexity index is 276. The summed E-state index contributed by atoms with van der Waals surface area (Å²) in [5.41, 5.74) is 1.02. The highest BCUT2D eigenvalue weighted by Crippen LogP contribution is 2.22. The van der Waals surface area contributed by atoms with Crippen molar-refractivity contribution in [3.63, 3.8) is 0 Å². The summed E-state index contributed by atoms with van der Waals surface area (Å²) < 4.78 is 39.0. The van der Waals surface area contributed by atoms with Crippen molar-refractivity contribution in [3.8, 4) is 5.75 Å². The Hall–Kier alpha value is -1.19. The van der Waals surface area contributed by atoms with Crippen LogP contribution in [0.15, 0.2) is 24.3 Å². The Kier molecular flexibility index (Phi) is 3.38. The Labute approximate surface area is 80.5 Å². The van der Waals surface area contributed by atoms with Crippen LogP contribution in [-0.4, -0.2) is 6.36 Å². The molecule has 1 aromatic rings. The summed E-state index contributed by atoms with van der Waals surface area (Å²) in [5.74, 6) is -0.169. The molecule has 0 bridgehead atoms. The number of ether oxygens (including phenoxy) is 1. The highest BCUT2D eigenvalue weighted by Gasteiger charge is 2.30. The molecule has 0 aromatic heterocycles. The van der Waals surface area contributed by atoms with Crippen LogP contribution in [0.4, 0.5) is 13.2 Å². The summed E-state index contributed by atoms with van der Waals surface area (Å²) in [4.78, 5) is 0. The first-order chi connectivity index (χ1) is 6.51. The van der Waals surface area contributed by atoms with Gasteiger partial charge in [-0.05, 0) is 24.1 Å². The topological polar surface area (TPSA) is 9.23 Å². The molecule has 0 radical (unpaired) electrons. The summed E-state index contributed by atoms with van der Waals surface area (Å²) in [6.07, 6.45) is -2.77. The Morgan fingerprint density at radius 1 is 1.14 bits per heavy atom. The van der Waals surface area contributed by atoms with Crippen LogP contribution in [-0.2, 0) is 6.42 Å². The number of rotatable bonds is 3. The molecule has 0 unspecified atom stereocenters. The van der Waals surface area contributed by atoms with Gasteiger partial charge in [-0.3, -0.25) is 0 Å². The van der Waals surface area contributed by atoms with E-state index in [2.05, 4.69) is 4.74 Å². The molecule has 0 heterocycles. The molecule has 1 nitrogen and oxygen atoms in total. The van der Waals surface area contributed by atoms with Gasteiger partial charge in [-0.15, -0.1) is 13.2 Å². The number of hydrogen-bond acceptors (Lipinski definition) is 1. The molecule has 0 amide bonds. The molecule has 1 rings (SSSR count). The van der Waals surface area contributed by atoms with Crippen LogP contribution in [0.5, 0.6) is 5.75 Å². The van der Waals surface area contributed by atoms with Gasteiger partial charge in [-0.25, -0.2) is 0 Å². The molecule has 0 atom stereocenters. The van der Waals surface area contributed by atoms with Gasteiger partial charge in [0.1, 0.15) is 5.75 Å². The fourth-order valence-corrected chi connectivity index (χ4v) is 1.15. The lowest BCUT2D eigenvalue weighted by Gasteiger charge is -2.08. The molecule has 0 saturated heterocycles. The van der Waals surface area contributed by atoms with Gasteiger partial charge in [0.2, 0.25) is 0 Å². The van der Waals surface area contributed by atoms with Gasteiger partial charge in [0.05, 0.1) is 0 Å². The lowest BCUT2D eigenvalue weighted by atomic mass is 10.1. The number of alkyl halides is 3. The molecule has 78 valence electrons. The number of hydrogen-bond donors (Lipinski definition) is 0. The van der Waals surface area contributed by atoms with Gasteiger partial charge in [0.15, 0.2) is 0 Å². The maximum Gasteiger partial charge on any atom is 0.573 e. The number of benzene rings is 1. The van der Waals surface area contributed by atoms with E-state index in [-0.39, 0.29) is 5.75 Å². The highest BCUT2D eigenvalue weighted by atomic mass is 19.4. The molecule has 0 saturated carbocycles. The van der Waals surface area contributed by atoms with E-state index in [9.17, 15) is 13.2 Å². The van der Waals surface area contributed by atoms with E-state index in [4.69, 9.17) is 0 Å². The predicted molar refractivity (Wildman–Crippen MR) is 47.1 cm³/mol. The quantitative estimate of drug-likeness (QED) is 0.731. The van der Waals surface area contributed by atoms with E-state index in [1.165, 1.54) is 12.1 Å². The zero-order valence-corrected chi connectivity index (χ0v) is 7.77. The van der Waals surface area contributed by atoms with Crippen LogP contribution in [0.25, 0.3) is 0 Å². The van der Waals surface area contributed by atoms with Crippen LogP contribution in [0.1, 0.15) is 18.9 Å². The molecule has 14 heavy (non-hydrogen) atoms. The second kappa shape index (κ2) is 4.35. The smallest absolute Gasteiger partial charge is 0.406 e. The van der Waals surface area contributed by atoms with Crippen LogP contribution in [0, 0.1) is 0 Å².